The lowest BCUT2D eigenvalue weighted by atomic mass is 10.1. The lowest BCUT2D eigenvalue weighted by Gasteiger charge is -1.99. The zero-order valence-electron chi connectivity index (χ0n) is 7.86. The van der Waals surface area contributed by atoms with Gasteiger partial charge < -0.3 is 4.74 Å². The van der Waals surface area contributed by atoms with Crippen molar-refractivity contribution in [3.05, 3.63) is 41.5 Å². The molecule has 1 aromatic rings. The molecule has 1 nitrogen and oxygen atoms in total. The fourth-order valence-corrected chi connectivity index (χ4v) is 1.46. The highest BCUT2D eigenvalue weighted by Gasteiger charge is 2.22. The molecule has 1 atom stereocenters. The fraction of sp³-hybridized carbons (Fsp3) is 0.333. The van der Waals surface area contributed by atoms with Crippen LogP contribution in [-0.2, 0) is 11.2 Å². The van der Waals surface area contributed by atoms with Crippen molar-refractivity contribution in [2.24, 2.45) is 0 Å². The first-order chi connectivity index (χ1) is 6.38. The highest BCUT2D eigenvalue weighted by Crippen LogP contribution is 2.17. The van der Waals surface area contributed by atoms with Crippen LogP contribution in [0.15, 0.2) is 30.3 Å². The number of ether oxygens (including phenoxy) is 1. The molecule has 1 aromatic carbocycles. The first kappa shape index (κ1) is 8.52. The third-order valence-corrected chi connectivity index (χ3v) is 2.18. The Morgan fingerprint density at radius 2 is 2.38 bits per heavy atom. The van der Waals surface area contributed by atoms with Crippen LogP contribution in [0.3, 0.4) is 0 Å². The Labute approximate surface area is 79.0 Å². The molecule has 2 rings (SSSR count). The van der Waals surface area contributed by atoms with Gasteiger partial charge in [-0.2, -0.15) is 0 Å². The Kier molecular flexibility index (Phi) is 2.46. The maximum absolute atomic E-state index is 5.19. The summed E-state index contributed by atoms with van der Waals surface area (Å²) in [4.78, 5) is 0. The van der Waals surface area contributed by atoms with Gasteiger partial charge in [-0.25, -0.2) is 0 Å². The standard InChI is InChI=1S/C12H14O/c1-2-4-10-5-3-6-11(7-10)8-12-9-13-12/h2-7,12H,8-9H2,1H3/b4-2+. The molecule has 0 N–H and O–H groups in total. The van der Waals surface area contributed by atoms with Gasteiger partial charge in [-0.1, -0.05) is 36.4 Å². The molecule has 1 aliphatic heterocycles. The van der Waals surface area contributed by atoms with Gasteiger partial charge in [-0.05, 0) is 18.1 Å². The van der Waals surface area contributed by atoms with Gasteiger partial charge in [0.15, 0.2) is 0 Å². The molecule has 0 bridgehead atoms. The van der Waals surface area contributed by atoms with E-state index in [0.29, 0.717) is 6.10 Å². The van der Waals surface area contributed by atoms with E-state index in [9.17, 15) is 0 Å². The molecule has 0 aromatic heterocycles. The van der Waals surface area contributed by atoms with Gasteiger partial charge in [-0.3, -0.25) is 0 Å². The van der Waals surface area contributed by atoms with E-state index in [4.69, 9.17) is 4.74 Å². The Morgan fingerprint density at radius 1 is 1.54 bits per heavy atom. The number of epoxide rings is 1. The second kappa shape index (κ2) is 3.75. The third-order valence-electron chi connectivity index (χ3n) is 2.18. The molecule has 1 unspecified atom stereocenters. The van der Waals surface area contributed by atoms with Gasteiger partial charge in [0.1, 0.15) is 0 Å². The van der Waals surface area contributed by atoms with Crippen molar-refractivity contribution in [2.45, 2.75) is 19.4 Å². The molecular weight excluding hydrogens is 160 g/mol. The van der Waals surface area contributed by atoms with E-state index in [2.05, 4.69) is 36.4 Å². The quantitative estimate of drug-likeness (QED) is 0.642. The highest BCUT2D eigenvalue weighted by molar-refractivity contribution is 5.49. The van der Waals surface area contributed by atoms with Crippen molar-refractivity contribution in [1.82, 2.24) is 0 Å². The molecule has 1 heteroatoms. The molecule has 1 saturated heterocycles. The molecule has 0 aliphatic carbocycles. The summed E-state index contributed by atoms with van der Waals surface area (Å²) < 4.78 is 5.19. The number of hydrogen-bond donors (Lipinski definition) is 0. The van der Waals surface area contributed by atoms with Crippen molar-refractivity contribution in [3.8, 4) is 0 Å². The molecule has 0 amide bonds. The van der Waals surface area contributed by atoms with Gasteiger partial charge >= 0.3 is 0 Å². The van der Waals surface area contributed by atoms with Crippen LogP contribution >= 0.6 is 0 Å². The average molecular weight is 174 g/mol. The maximum Gasteiger partial charge on any atom is 0.0850 e. The SMILES string of the molecule is C/C=C/c1cccc(CC2CO2)c1. The van der Waals surface area contributed by atoms with Crippen LogP contribution in [0.2, 0.25) is 0 Å². The highest BCUT2D eigenvalue weighted by atomic mass is 16.6. The van der Waals surface area contributed by atoms with Crippen molar-refractivity contribution in [2.75, 3.05) is 6.61 Å². The number of allylic oxidation sites excluding steroid dienone is 1. The minimum atomic E-state index is 0.487. The summed E-state index contributed by atoms with van der Waals surface area (Å²) in [6, 6.07) is 8.61. The summed E-state index contributed by atoms with van der Waals surface area (Å²) in [7, 11) is 0. The minimum Gasteiger partial charge on any atom is -0.373 e. The van der Waals surface area contributed by atoms with Gasteiger partial charge in [0.25, 0.3) is 0 Å². The van der Waals surface area contributed by atoms with E-state index in [1.165, 1.54) is 11.1 Å². The second-order valence-electron chi connectivity index (χ2n) is 3.40. The second-order valence-corrected chi connectivity index (χ2v) is 3.40. The van der Waals surface area contributed by atoms with E-state index in [-0.39, 0.29) is 0 Å². The molecule has 0 radical (unpaired) electrons. The summed E-state index contributed by atoms with van der Waals surface area (Å²) in [6.45, 7) is 2.98. The minimum absolute atomic E-state index is 0.487. The Morgan fingerprint density at radius 3 is 3.08 bits per heavy atom. The topological polar surface area (TPSA) is 12.5 Å². The number of hydrogen-bond acceptors (Lipinski definition) is 1. The van der Waals surface area contributed by atoms with Crippen LogP contribution in [0.5, 0.6) is 0 Å². The summed E-state index contributed by atoms with van der Waals surface area (Å²) in [5.41, 5.74) is 2.65. The summed E-state index contributed by atoms with van der Waals surface area (Å²) in [6.07, 6.45) is 5.73. The lowest BCUT2D eigenvalue weighted by Crippen LogP contribution is -1.92. The van der Waals surface area contributed by atoms with Crippen molar-refractivity contribution in [1.29, 1.82) is 0 Å². The number of benzene rings is 1. The summed E-state index contributed by atoms with van der Waals surface area (Å²) in [5.74, 6) is 0. The predicted octanol–water partition coefficient (Wildman–Crippen LogP) is 2.66. The lowest BCUT2D eigenvalue weighted by molar-refractivity contribution is 0.407. The molecular formula is C12H14O. The first-order valence-electron chi connectivity index (χ1n) is 4.72. The van der Waals surface area contributed by atoms with Crippen molar-refractivity contribution in [3.63, 3.8) is 0 Å². The number of rotatable bonds is 3. The van der Waals surface area contributed by atoms with Gasteiger partial charge in [-0.15, -0.1) is 0 Å². The van der Waals surface area contributed by atoms with Crippen LogP contribution < -0.4 is 0 Å². The zero-order valence-corrected chi connectivity index (χ0v) is 7.86. The van der Waals surface area contributed by atoms with E-state index in [0.717, 1.165) is 13.0 Å². The van der Waals surface area contributed by atoms with Crippen LogP contribution in [0, 0.1) is 0 Å². The third kappa shape index (κ3) is 2.43. The normalized spacial score (nSPS) is 20.8. The predicted molar refractivity (Wildman–Crippen MR) is 54.6 cm³/mol. The van der Waals surface area contributed by atoms with Gasteiger partial charge in [0.2, 0.25) is 0 Å². The van der Waals surface area contributed by atoms with Crippen LogP contribution in [-0.4, -0.2) is 12.7 Å². The molecule has 0 spiro atoms. The molecule has 1 fully saturated rings. The summed E-state index contributed by atoms with van der Waals surface area (Å²) in [5, 5.41) is 0. The Bertz CT molecular complexity index is 311. The van der Waals surface area contributed by atoms with Crippen LogP contribution in [0.25, 0.3) is 6.08 Å². The Balaban J connectivity index is 2.11. The smallest absolute Gasteiger partial charge is 0.0850 e. The molecule has 13 heavy (non-hydrogen) atoms. The molecule has 0 saturated carbocycles. The van der Waals surface area contributed by atoms with E-state index in [1.54, 1.807) is 0 Å². The van der Waals surface area contributed by atoms with Crippen LogP contribution in [0.1, 0.15) is 18.1 Å². The first-order valence-corrected chi connectivity index (χ1v) is 4.72. The maximum atomic E-state index is 5.19. The van der Waals surface area contributed by atoms with E-state index >= 15 is 0 Å². The van der Waals surface area contributed by atoms with Crippen molar-refractivity contribution >= 4 is 6.08 Å². The zero-order chi connectivity index (χ0) is 9.10. The molecule has 1 heterocycles. The van der Waals surface area contributed by atoms with Gasteiger partial charge in [0, 0.05) is 6.42 Å². The molecule has 1 aliphatic rings. The van der Waals surface area contributed by atoms with Crippen LogP contribution in [0.4, 0.5) is 0 Å². The van der Waals surface area contributed by atoms with E-state index in [1.807, 2.05) is 6.92 Å². The van der Waals surface area contributed by atoms with E-state index < -0.39 is 0 Å². The average Bonchev–Trinajstić information content (AvgIpc) is 2.90. The summed E-state index contributed by atoms with van der Waals surface area (Å²) >= 11 is 0. The van der Waals surface area contributed by atoms with Gasteiger partial charge in [0.05, 0.1) is 12.7 Å². The Hall–Kier alpha value is -1.08. The monoisotopic (exact) mass is 174 g/mol. The van der Waals surface area contributed by atoms with Crippen molar-refractivity contribution < 1.29 is 4.74 Å². The fourth-order valence-electron chi connectivity index (χ4n) is 1.46. The molecule has 68 valence electrons. The largest absolute Gasteiger partial charge is 0.373 e.